The fourth-order valence-corrected chi connectivity index (χ4v) is 2.47. The standard InChI is InChI=1S/C16H20N2O5/c1-16(7-9-18(10-8-16)13(19)14(20)21)17-15(22)23-11-12-5-3-2-4-6-12/h2-6H,7-11H2,1H3,(H,17,22)(H,20,21). The molecule has 2 rings (SSSR count). The van der Waals surface area contributed by atoms with Crippen LogP contribution in [0.1, 0.15) is 25.3 Å². The van der Waals surface area contributed by atoms with Crippen LogP contribution in [0.4, 0.5) is 4.79 Å². The number of nitrogens with one attached hydrogen (secondary N) is 1. The van der Waals surface area contributed by atoms with Crippen molar-refractivity contribution in [3.8, 4) is 0 Å². The zero-order valence-electron chi connectivity index (χ0n) is 12.9. The number of carbonyl (C=O) groups excluding carboxylic acids is 2. The van der Waals surface area contributed by atoms with Gasteiger partial charge in [-0.15, -0.1) is 0 Å². The van der Waals surface area contributed by atoms with Crippen molar-refractivity contribution >= 4 is 18.0 Å². The minimum atomic E-state index is -1.45. The number of nitrogens with zero attached hydrogens (tertiary/aromatic N) is 1. The van der Waals surface area contributed by atoms with Crippen LogP contribution in [-0.4, -0.2) is 46.6 Å². The molecule has 0 atom stereocenters. The Kier molecular flexibility index (Phi) is 5.20. The number of ether oxygens (including phenoxy) is 1. The van der Waals surface area contributed by atoms with Gasteiger partial charge in [0.15, 0.2) is 0 Å². The third-order valence-corrected chi connectivity index (χ3v) is 3.95. The summed E-state index contributed by atoms with van der Waals surface area (Å²) in [7, 11) is 0. The normalized spacial score (nSPS) is 16.5. The van der Waals surface area contributed by atoms with E-state index in [1.54, 1.807) is 0 Å². The van der Waals surface area contributed by atoms with Gasteiger partial charge in [-0.3, -0.25) is 4.79 Å². The molecule has 1 fully saturated rings. The van der Waals surface area contributed by atoms with E-state index in [0.717, 1.165) is 5.56 Å². The number of amides is 2. The third kappa shape index (κ3) is 4.70. The first-order valence-corrected chi connectivity index (χ1v) is 7.41. The average molecular weight is 320 g/mol. The van der Waals surface area contributed by atoms with Gasteiger partial charge in [0.05, 0.1) is 0 Å². The maximum absolute atomic E-state index is 11.9. The van der Waals surface area contributed by atoms with E-state index in [4.69, 9.17) is 9.84 Å². The van der Waals surface area contributed by atoms with Crippen LogP contribution < -0.4 is 5.32 Å². The highest BCUT2D eigenvalue weighted by atomic mass is 16.5. The second-order valence-corrected chi connectivity index (χ2v) is 5.84. The summed E-state index contributed by atoms with van der Waals surface area (Å²) >= 11 is 0. The van der Waals surface area contributed by atoms with Gasteiger partial charge in [0.25, 0.3) is 0 Å². The number of carbonyl (C=O) groups is 3. The number of piperidine rings is 1. The summed E-state index contributed by atoms with van der Waals surface area (Å²) < 4.78 is 5.18. The van der Waals surface area contributed by atoms with Crippen molar-refractivity contribution < 1.29 is 24.2 Å². The molecule has 2 N–H and O–H groups in total. The minimum Gasteiger partial charge on any atom is -0.474 e. The topological polar surface area (TPSA) is 95.9 Å². The van der Waals surface area contributed by atoms with E-state index >= 15 is 0 Å². The Labute approximate surface area is 134 Å². The SMILES string of the molecule is CC1(NC(=O)OCc2ccccc2)CCN(C(=O)C(=O)O)CC1. The minimum absolute atomic E-state index is 0.187. The van der Waals surface area contributed by atoms with Crippen molar-refractivity contribution in [1.82, 2.24) is 10.2 Å². The number of alkyl carbamates (subject to hydrolysis) is 1. The van der Waals surface area contributed by atoms with Gasteiger partial charge in [-0.25, -0.2) is 9.59 Å². The lowest BCUT2D eigenvalue weighted by Crippen LogP contribution is -2.55. The van der Waals surface area contributed by atoms with Gasteiger partial charge in [0, 0.05) is 18.6 Å². The smallest absolute Gasteiger partial charge is 0.407 e. The van der Waals surface area contributed by atoms with E-state index in [1.807, 2.05) is 37.3 Å². The summed E-state index contributed by atoms with van der Waals surface area (Å²) in [5, 5.41) is 11.5. The number of carboxylic acids is 1. The number of benzene rings is 1. The van der Waals surface area contributed by atoms with E-state index in [0.29, 0.717) is 25.9 Å². The summed E-state index contributed by atoms with van der Waals surface area (Å²) in [4.78, 5) is 35.3. The predicted molar refractivity (Wildman–Crippen MR) is 81.6 cm³/mol. The van der Waals surface area contributed by atoms with Crippen molar-refractivity contribution in [3.05, 3.63) is 35.9 Å². The molecule has 1 aromatic carbocycles. The molecular formula is C16H20N2O5. The van der Waals surface area contributed by atoms with Crippen LogP contribution in [-0.2, 0) is 20.9 Å². The average Bonchev–Trinajstić information content (AvgIpc) is 2.53. The molecule has 0 saturated carbocycles. The monoisotopic (exact) mass is 320 g/mol. The number of rotatable bonds is 3. The molecule has 1 aliphatic heterocycles. The highest BCUT2D eigenvalue weighted by Gasteiger charge is 2.35. The van der Waals surface area contributed by atoms with E-state index < -0.39 is 23.5 Å². The van der Waals surface area contributed by atoms with Crippen LogP contribution in [0.25, 0.3) is 0 Å². The lowest BCUT2D eigenvalue weighted by molar-refractivity contribution is -0.156. The van der Waals surface area contributed by atoms with E-state index in [2.05, 4.69) is 5.32 Å². The first-order valence-electron chi connectivity index (χ1n) is 7.41. The fraction of sp³-hybridized carbons (Fsp3) is 0.438. The van der Waals surface area contributed by atoms with E-state index in [-0.39, 0.29) is 6.61 Å². The Balaban J connectivity index is 1.80. The van der Waals surface area contributed by atoms with Crippen molar-refractivity contribution in [2.75, 3.05) is 13.1 Å². The molecule has 0 aliphatic carbocycles. The maximum atomic E-state index is 11.9. The summed E-state index contributed by atoms with van der Waals surface area (Å²) in [5.41, 5.74) is 0.387. The second-order valence-electron chi connectivity index (χ2n) is 5.84. The molecule has 1 saturated heterocycles. The Morgan fingerprint density at radius 3 is 2.39 bits per heavy atom. The van der Waals surface area contributed by atoms with Crippen LogP contribution in [0, 0.1) is 0 Å². The second kappa shape index (κ2) is 7.13. The first kappa shape index (κ1) is 16.8. The third-order valence-electron chi connectivity index (χ3n) is 3.95. The van der Waals surface area contributed by atoms with Gasteiger partial charge >= 0.3 is 18.0 Å². The maximum Gasteiger partial charge on any atom is 0.407 e. The Bertz CT molecular complexity index is 579. The Hall–Kier alpha value is -2.57. The van der Waals surface area contributed by atoms with Crippen LogP contribution in [0.2, 0.25) is 0 Å². The molecule has 7 nitrogen and oxygen atoms in total. The molecule has 124 valence electrons. The van der Waals surface area contributed by atoms with Gasteiger partial charge in [-0.1, -0.05) is 30.3 Å². The van der Waals surface area contributed by atoms with Crippen LogP contribution >= 0.6 is 0 Å². The van der Waals surface area contributed by atoms with Crippen LogP contribution in [0.15, 0.2) is 30.3 Å². The summed E-state index contributed by atoms with van der Waals surface area (Å²) in [6.45, 7) is 2.63. The first-order chi connectivity index (χ1) is 10.9. The highest BCUT2D eigenvalue weighted by Crippen LogP contribution is 2.22. The largest absolute Gasteiger partial charge is 0.474 e. The number of likely N-dealkylation sites (tertiary alicyclic amines) is 1. The number of hydrogen-bond donors (Lipinski definition) is 2. The van der Waals surface area contributed by atoms with Gasteiger partial charge in [0.1, 0.15) is 6.61 Å². The molecule has 0 aromatic heterocycles. The molecular weight excluding hydrogens is 300 g/mol. The quantitative estimate of drug-likeness (QED) is 0.820. The number of aliphatic carboxylic acids is 1. The predicted octanol–water partition coefficient (Wildman–Crippen LogP) is 1.38. The molecule has 0 bridgehead atoms. The fourth-order valence-electron chi connectivity index (χ4n) is 2.47. The van der Waals surface area contributed by atoms with Crippen molar-refractivity contribution in [1.29, 1.82) is 0 Å². The molecule has 0 radical (unpaired) electrons. The molecule has 1 aromatic rings. The molecule has 1 aliphatic rings. The zero-order chi connectivity index (χ0) is 16.9. The van der Waals surface area contributed by atoms with Crippen molar-refractivity contribution in [2.45, 2.75) is 31.9 Å². The molecule has 7 heteroatoms. The Morgan fingerprint density at radius 1 is 1.22 bits per heavy atom. The summed E-state index contributed by atoms with van der Waals surface area (Å²) in [6, 6.07) is 9.35. The molecule has 0 spiro atoms. The lowest BCUT2D eigenvalue weighted by atomic mass is 9.90. The highest BCUT2D eigenvalue weighted by molar-refractivity contribution is 6.31. The summed E-state index contributed by atoms with van der Waals surface area (Å²) in [6.07, 6.45) is 0.438. The molecule has 1 heterocycles. The van der Waals surface area contributed by atoms with Crippen molar-refractivity contribution in [3.63, 3.8) is 0 Å². The van der Waals surface area contributed by atoms with Gasteiger partial charge in [0.2, 0.25) is 0 Å². The van der Waals surface area contributed by atoms with Gasteiger partial charge in [-0.2, -0.15) is 0 Å². The summed E-state index contributed by atoms with van der Waals surface area (Å²) in [5.74, 6) is -2.36. The molecule has 2 amide bonds. The van der Waals surface area contributed by atoms with Gasteiger partial charge in [-0.05, 0) is 25.3 Å². The molecule has 23 heavy (non-hydrogen) atoms. The van der Waals surface area contributed by atoms with E-state index in [9.17, 15) is 14.4 Å². The molecule has 0 unspecified atom stereocenters. The van der Waals surface area contributed by atoms with E-state index in [1.165, 1.54) is 4.90 Å². The van der Waals surface area contributed by atoms with Crippen LogP contribution in [0.5, 0.6) is 0 Å². The number of hydrogen-bond acceptors (Lipinski definition) is 4. The number of carboxylic acid groups (broad SMARTS) is 1. The lowest BCUT2D eigenvalue weighted by Gasteiger charge is -2.38. The van der Waals surface area contributed by atoms with Crippen LogP contribution in [0.3, 0.4) is 0 Å². The Morgan fingerprint density at radius 2 is 1.83 bits per heavy atom. The van der Waals surface area contributed by atoms with Gasteiger partial charge < -0.3 is 20.1 Å². The zero-order valence-corrected chi connectivity index (χ0v) is 12.9. The van der Waals surface area contributed by atoms with Crippen molar-refractivity contribution in [2.24, 2.45) is 0 Å².